The Kier molecular flexibility index (Phi) is 4.15. The average molecular weight is 334 g/mol. The zero-order valence-corrected chi connectivity index (χ0v) is 14.6. The van der Waals surface area contributed by atoms with Crippen LogP contribution in [0.2, 0.25) is 0 Å². The summed E-state index contributed by atoms with van der Waals surface area (Å²) < 4.78 is 0. The number of piperazine rings is 1. The first-order valence-corrected chi connectivity index (χ1v) is 9.61. The van der Waals surface area contributed by atoms with Gasteiger partial charge in [0.05, 0.1) is 10.9 Å². The maximum absolute atomic E-state index is 12.9. The van der Waals surface area contributed by atoms with Crippen molar-refractivity contribution in [3.63, 3.8) is 0 Å². The van der Waals surface area contributed by atoms with Crippen LogP contribution in [0, 0.1) is 24.7 Å². The Hall–Kier alpha value is -0.980. The third-order valence-electron chi connectivity index (χ3n) is 6.00. The molecule has 1 amide bonds. The van der Waals surface area contributed by atoms with Crippen LogP contribution in [0.1, 0.15) is 29.1 Å². The fraction of sp³-hybridized carbons (Fsp3) is 0.765. The highest BCUT2D eigenvalue weighted by molar-refractivity contribution is 7.11. The highest BCUT2D eigenvalue weighted by atomic mass is 32.1. The Bertz CT molecular complexity index is 579. The summed E-state index contributed by atoms with van der Waals surface area (Å²) in [5.41, 5.74) is 6.34. The molecule has 6 heteroatoms. The van der Waals surface area contributed by atoms with Gasteiger partial charge in [-0.1, -0.05) is 0 Å². The number of thiazole rings is 1. The molecule has 126 valence electrons. The van der Waals surface area contributed by atoms with E-state index in [1.807, 2.05) is 13.1 Å². The zero-order chi connectivity index (χ0) is 16.0. The van der Waals surface area contributed by atoms with Crippen molar-refractivity contribution < 1.29 is 4.79 Å². The van der Waals surface area contributed by atoms with Gasteiger partial charge in [-0.25, -0.2) is 4.98 Å². The monoisotopic (exact) mass is 334 g/mol. The lowest BCUT2D eigenvalue weighted by molar-refractivity contribution is -0.139. The van der Waals surface area contributed by atoms with Gasteiger partial charge in [0.15, 0.2) is 0 Å². The molecule has 4 rings (SSSR count). The van der Waals surface area contributed by atoms with Crippen LogP contribution >= 0.6 is 11.3 Å². The Morgan fingerprint density at radius 3 is 2.65 bits per heavy atom. The van der Waals surface area contributed by atoms with Gasteiger partial charge < -0.3 is 10.6 Å². The number of amides is 1. The molecule has 1 saturated heterocycles. The van der Waals surface area contributed by atoms with E-state index in [9.17, 15) is 4.79 Å². The number of carbonyl (C=O) groups excluding carboxylic acids is 1. The second-order valence-electron chi connectivity index (χ2n) is 7.38. The van der Waals surface area contributed by atoms with E-state index in [4.69, 9.17) is 5.73 Å². The van der Waals surface area contributed by atoms with E-state index >= 15 is 0 Å². The minimum atomic E-state index is 0.101. The number of hydrogen-bond donors (Lipinski definition) is 1. The number of aromatic nitrogens is 1. The summed E-state index contributed by atoms with van der Waals surface area (Å²) in [5, 5.41) is 1.12. The number of aryl methyl sites for hydroxylation is 1. The molecule has 4 unspecified atom stereocenters. The van der Waals surface area contributed by atoms with Gasteiger partial charge in [0.1, 0.15) is 0 Å². The van der Waals surface area contributed by atoms with Crippen LogP contribution in [-0.2, 0) is 11.3 Å². The van der Waals surface area contributed by atoms with Crippen molar-refractivity contribution in [3.05, 3.63) is 16.1 Å². The first kappa shape index (κ1) is 15.5. The summed E-state index contributed by atoms with van der Waals surface area (Å²) in [6.07, 6.45) is 5.60. The summed E-state index contributed by atoms with van der Waals surface area (Å²) in [7, 11) is 0. The van der Waals surface area contributed by atoms with E-state index < -0.39 is 0 Å². The van der Waals surface area contributed by atoms with Gasteiger partial charge in [0.25, 0.3) is 0 Å². The summed E-state index contributed by atoms with van der Waals surface area (Å²) in [4.78, 5) is 23.0. The summed E-state index contributed by atoms with van der Waals surface area (Å²) in [5.74, 6) is 1.59. The predicted octanol–water partition coefficient (Wildman–Crippen LogP) is 1.47. The normalized spacial score (nSPS) is 34.3. The van der Waals surface area contributed by atoms with Gasteiger partial charge in [-0.05, 0) is 38.0 Å². The van der Waals surface area contributed by atoms with E-state index in [2.05, 4.69) is 14.8 Å². The molecular weight excluding hydrogens is 308 g/mol. The molecule has 2 aliphatic carbocycles. The molecule has 1 aliphatic heterocycles. The second kappa shape index (κ2) is 6.15. The van der Waals surface area contributed by atoms with E-state index in [1.54, 1.807) is 11.3 Å². The van der Waals surface area contributed by atoms with Gasteiger partial charge in [0.2, 0.25) is 5.91 Å². The number of rotatable bonds is 3. The van der Waals surface area contributed by atoms with Gasteiger partial charge >= 0.3 is 0 Å². The van der Waals surface area contributed by atoms with Crippen molar-refractivity contribution in [2.24, 2.45) is 23.5 Å². The molecule has 3 fully saturated rings. The molecule has 2 bridgehead atoms. The third-order valence-corrected chi connectivity index (χ3v) is 6.90. The largest absolute Gasteiger partial charge is 0.340 e. The van der Waals surface area contributed by atoms with E-state index in [1.165, 1.54) is 24.1 Å². The number of carbonyl (C=O) groups is 1. The molecule has 4 atom stereocenters. The summed E-state index contributed by atoms with van der Waals surface area (Å²) in [6, 6.07) is 0.111. The van der Waals surface area contributed by atoms with Gasteiger partial charge in [-0.2, -0.15) is 0 Å². The highest BCUT2D eigenvalue weighted by Gasteiger charge is 2.50. The molecule has 0 aromatic carbocycles. The standard InChI is InChI=1S/C17H26N4OS/c1-11-19-9-14(23-11)10-20-4-6-21(7-5-20)17(22)15-12-2-3-13(8-12)16(15)18/h9,12-13,15-16H,2-8,10,18H2,1H3. The van der Waals surface area contributed by atoms with Crippen molar-refractivity contribution in [3.8, 4) is 0 Å². The molecule has 0 radical (unpaired) electrons. The SMILES string of the molecule is Cc1ncc(CN2CCN(C(=O)C3C4CCC(C4)C3N)CC2)s1. The topological polar surface area (TPSA) is 62.5 Å². The maximum Gasteiger partial charge on any atom is 0.227 e. The fourth-order valence-electron chi connectivity index (χ4n) is 4.74. The van der Waals surface area contributed by atoms with Crippen molar-refractivity contribution in [1.82, 2.24) is 14.8 Å². The highest BCUT2D eigenvalue weighted by Crippen LogP contribution is 2.48. The Balaban J connectivity index is 1.32. The van der Waals surface area contributed by atoms with Gasteiger partial charge in [-0.15, -0.1) is 11.3 Å². The molecular formula is C17H26N4OS. The van der Waals surface area contributed by atoms with Crippen LogP contribution in [0.15, 0.2) is 6.20 Å². The van der Waals surface area contributed by atoms with Crippen LogP contribution in [0.4, 0.5) is 0 Å². The second-order valence-corrected chi connectivity index (χ2v) is 8.70. The Labute approximate surface area is 141 Å². The van der Waals surface area contributed by atoms with Crippen LogP contribution in [0.5, 0.6) is 0 Å². The molecule has 3 aliphatic rings. The molecule has 2 saturated carbocycles. The minimum Gasteiger partial charge on any atom is -0.340 e. The smallest absolute Gasteiger partial charge is 0.227 e. The maximum atomic E-state index is 12.9. The number of fused-ring (bicyclic) bond motifs is 2. The van der Waals surface area contributed by atoms with Gasteiger partial charge in [-0.3, -0.25) is 9.69 Å². The van der Waals surface area contributed by atoms with Crippen LogP contribution in [-0.4, -0.2) is 52.9 Å². The molecule has 0 spiro atoms. The van der Waals surface area contributed by atoms with Crippen LogP contribution in [0.25, 0.3) is 0 Å². The molecule has 23 heavy (non-hydrogen) atoms. The number of hydrogen-bond acceptors (Lipinski definition) is 5. The van der Waals surface area contributed by atoms with Crippen molar-refractivity contribution >= 4 is 17.2 Å². The van der Waals surface area contributed by atoms with E-state index in [0.29, 0.717) is 17.7 Å². The van der Waals surface area contributed by atoms with Crippen LogP contribution in [0.3, 0.4) is 0 Å². The molecule has 1 aromatic heterocycles. The third kappa shape index (κ3) is 2.92. The van der Waals surface area contributed by atoms with E-state index in [-0.39, 0.29) is 12.0 Å². The minimum absolute atomic E-state index is 0.101. The summed E-state index contributed by atoms with van der Waals surface area (Å²) >= 11 is 1.77. The number of nitrogens with two attached hydrogens (primary N) is 1. The molecule has 2 N–H and O–H groups in total. The van der Waals surface area contributed by atoms with E-state index in [0.717, 1.165) is 37.7 Å². The quantitative estimate of drug-likeness (QED) is 0.909. The fourth-order valence-corrected chi connectivity index (χ4v) is 5.58. The Morgan fingerprint density at radius 1 is 1.30 bits per heavy atom. The first-order chi connectivity index (χ1) is 11.1. The lowest BCUT2D eigenvalue weighted by atomic mass is 9.84. The molecule has 5 nitrogen and oxygen atoms in total. The molecule has 1 aromatic rings. The zero-order valence-electron chi connectivity index (χ0n) is 13.8. The van der Waals surface area contributed by atoms with Crippen molar-refractivity contribution in [2.75, 3.05) is 26.2 Å². The van der Waals surface area contributed by atoms with Gasteiger partial charge in [0, 0.05) is 49.8 Å². The first-order valence-electron chi connectivity index (χ1n) is 8.80. The molecule has 2 heterocycles. The lowest BCUT2D eigenvalue weighted by Crippen LogP contribution is -2.53. The Morgan fingerprint density at radius 2 is 2.04 bits per heavy atom. The van der Waals surface area contributed by atoms with Crippen molar-refractivity contribution in [1.29, 1.82) is 0 Å². The summed E-state index contributed by atoms with van der Waals surface area (Å²) in [6.45, 7) is 6.61. The van der Waals surface area contributed by atoms with Crippen molar-refractivity contribution in [2.45, 2.75) is 38.8 Å². The van der Waals surface area contributed by atoms with Crippen LogP contribution < -0.4 is 5.73 Å². The number of nitrogens with zero attached hydrogens (tertiary/aromatic N) is 3. The average Bonchev–Trinajstić information content (AvgIpc) is 3.24. The lowest BCUT2D eigenvalue weighted by Gasteiger charge is -2.38. The predicted molar refractivity (Wildman–Crippen MR) is 91.0 cm³/mol.